The summed E-state index contributed by atoms with van der Waals surface area (Å²) in [6, 6.07) is 8.50. The van der Waals surface area contributed by atoms with Crippen molar-refractivity contribution in [3.8, 4) is 0 Å². The summed E-state index contributed by atoms with van der Waals surface area (Å²) in [7, 11) is 3.90. The maximum Gasteiger partial charge on any atom is 0.270 e. The van der Waals surface area contributed by atoms with E-state index in [1.165, 1.54) is 28.7 Å². The molecule has 0 radical (unpaired) electrons. The molecule has 2 aromatic heterocycles. The monoisotopic (exact) mass is 385 g/mol. The van der Waals surface area contributed by atoms with Gasteiger partial charge >= 0.3 is 0 Å². The average molecular weight is 386 g/mol. The molecule has 1 amide bonds. The number of carbonyl (C=O) groups is 1. The molecule has 24 heavy (non-hydrogen) atoms. The zero-order chi connectivity index (χ0) is 16.4. The van der Waals surface area contributed by atoms with E-state index in [0.29, 0.717) is 28.6 Å². The molecule has 0 aliphatic rings. The highest BCUT2D eigenvalue weighted by Crippen LogP contribution is 2.31. The molecule has 0 fully saturated rings. The summed E-state index contributed by atoms with van der Waals surface area (Å²) in [6.07, 6.45) is 0. The third-order valence-corrected chi connectivity index (χ3v) is 5.24. The molecule has 2 heterocycles. The zero-order valence-electron chi connectivity index (χ0n) is 13.2. The van der Waals surface area contributed by atoms with Gasteiger partial charge in [0.15, 0.2) is 5.13 Å². The lowest BCUT2D eigenvalue weighted by molar-refractivity contribution is 0.0989. The summed E-state index contributed by atoms with van der Waals surface area (Å²) in [5, 5.41) is 2.40. The van der Waals surface area contributed by atoms with Crippen LogP contribution in [0.25, 0.3) is 10.2 Å². The molecule has 0 aliphatic carbocycles. The van der Waals surface area contributed by atoms with Crippen molar-refractivity contribution in [2.45, 2.75) is 0 Å². The SMILES string of the molecule is CN(C)CCN(C(=O)c1cccs1)c1nc2c(F)cccc2s1.Cl. The van der Waals surface area contributed by atoms with Crippen LogP contribution in [0, 0.1) is 5.82 Å². The van der Waals surface area contributed by atoms with Crippen LogP contribution in [0.5, 0.6) is 0 Å². The van der Waals surface area contributed by atoms with Crippen LogP contribution in [0.15, 0.2) is 35.7 Å². The highest BCUT2D eigenvalue weighted by atomic mass is 35.5. The minimum absolute atomic E-state index is 0. The minimum atomic E-state index is -0.360. The Morgan fingerprint density at radius 2 is 2.00 bits per heavy atom. The molecule has 0 N–H and O–H groups in total. The van der Waals surface area contributed by atoms with Crippen molar-refractivity contribution < 1.29 is 9.18 Å². The Balaban J connectivity index is 0.00000208. The minimum Gasteiger partial charge on any atom is -0.308 e. The van der Waals surface area contributed by atoms with Gasteiger partial charge in [-0.15, -0.1) is 23.7 Å². The van der Waals surface area contributed by atoms with E-state index in [2.05, 4.69) is 4.98 Å². The fourth-order valence-electron chi connectivity index (χ4n) is 2.14. The molecule has 4 nitrogen and oxygen atoms in total. The number of para-hydroxylation sites is 1. The molecular weight excluding hydrogens is 369 g/mol. The number of anilines is 1. The first kappa shape index (κ1) is 18.8. The molecule has 0 saturated heterocycles. The average Bonchev–Trinajstić information content (AvgIpc) is 3.16. The Bertz CT molecular complexity index is 820. The fraction of sp³-hybridized carbons (Fsp3) is 0.250. The Morgan fingerprint density at radius 1 is 1.21 bits per heavy atom. The number of thiazole rings is 1. The third kappa shape index (κ3) is 3.92. The number of hydrogen-bond donors (Lipinski definition) is 0. The fourth-order valence-corrected chi connectivity index (χ4v) is 3.81. The smallest absolute Gasteiger partial charge is 0.270 e. The van der Waals surface area contributed by atoms with Gasteiger partial charge in [0.25, 0.3) is 5.91 Å². The second kappa shape index (κ2) is 8.02. The second-order valence-corrected chi connectivity index (χ2v) is 7.28. The number of nitrogens with zero attached hydrogens (tertiary/aromatic N) is 3. The van der Waals surface area contributed by atoms with Crippen molar-refractivity contribution in [3.05, 3.63) is 46.4 Å². The number of aromatic nitrogens is 1. The summed E-state index contributed by atoms with van der Waals surface area (Å²) < 4.78 is 14.6. The second-order valence-electron chi connectivity index (χ2n) is 5.32. The van der Waals surface area contributed by atoms with Crippen LogP contribution in [-0.2, 0) is 0 Å². The van der Waals surface area contributed by atoms with Crippen LogP contribution < -0.4 is 4.90 Å². The topological polar surface area (TPSA) is 36.4 Å². The van der Waals surface area contributed by atoms with Crippen molar-refractivity contribution >= 4 is 56.3 Å². The molecule has 3 rings (SSSR count). The number of carbonyl (C=O) groups excluding carboxylic acids is 1. The number of rotatable bonds is 5. The van der Waals surface area contributed by atoms with Gasteiger partial charge in [-0.3, -0.25) is 9.69 Å². The van der Waals surface area contributed by atoms with Crippen molar-refractivity contribution in [2.24, 2.45) is 0 Å². The van der Waals surface area contributed by atoms with Crippen molar-refractivity contribution in [1.82, 2.24) is 9.88 Å². The van der Waals surface area contributed by atoms with Gasteiger partial charge in [-0.05, 0) is 37.7 Å². The summed E-state index contributed by atoms with van der Waals surface area (Å²) in [5.41, 5.74) is 0.321. The lowest BCUT2D eigenvalue weighted by Crippen LogP contribution is -2.36. The van der Waals surface area contributed by atoms with E-state index in [9.17, 15) is 9.18 Å². The Kier molecular flexibility index (Phi) is 6.28. The molecular formula is C16H17ClFN3OS2. The molecule has 3 aromatic rings. The summed E-state index contributed by atoms with van der Waals surface area (Å²) in [6.45, 7) is 1.21. The molecule has 0 aliphatic heterocycles. The maximum atomic E-state index is 13.9. The first-order valence-electron chi connectivity index (χ1n) is 7.11. The lowest BCUT2D eigenvalue weighted by Gasteiger charge is -2.21. The number of hydrogen-bond acceptors (Lipinski definition) is 5. The Hall–Kier alpha value is -1.54. The summed E-state index contributed by atoms with van der Waals surface area (Å²) >= 11 is 2.73. The predicted molar refractivity (Wildman–Crippen MR) is 101 cm³/mol. The van der Waals surface area contributed by atoms with Gasteiger partial charge in [-0.2, -0.15) is 0 Å². The largest absolute Gasteiger partial charge is 0.308 e. The number of fused-ring (bicyclic) bond motifs is 1. The Labute approximate surface area is 153 Å². The van der Waals surface area contributed by atoms with E-state index >= 15 is 0 Å². The van der Waals surface area contributed by atoms with Gasteiger partial charge in [0.1, 0.15) is 11.3 Å². The van der Waals surface area contributed by atoms with Gasteiger partial charge in [-0.25, -0.2) is 9.37 Å². The van der Waals surface area contributed by atoms with Crippen LogP contribution >= 0.6 is 35.1 Å². The highest BCUT2D eigenvalue weighted by Gasteiger charge is 2.22. The molecule has 128 valence electrons. The zero-order valence-corrected chi connectivity index (χ0v) is 15.7. The number of benzene rings is 1. The predicted octanol–water partition coefficient (Wildman–Crippen LogP) is 4.13. The van der Waals surface area contributed by atoms with Crippen LogP contribution in [0.4, 0.5) is 9.52 Å². The molecule has 0 spiro atoms. The van der Waals surface area contributed by atoms with Gasteiger partial charge in [0.05, 0.1) is 9.58 Å². The third-order valence-electron chi connectivity index (χ3n) is 3.34. The van der Waals surface area contributed by atoms with Crippen LogP contribution in [0.1, 0.15) is 9.67 Å². The van der Waals surface area contributed by atoms with E-state index in [1.807, 2.05) is 36.5 Å². The molecule has 0 bridgehead atoms. The molecule has 0 saturated carbocycles. The molecule has 1 aromatic carbocycles. The number of halogens is 2. The normalized spacial score (nSPS) is 10.8. The van der Waals surface area contributed by atoms with Crippen LogP contribution in [0.2, 0.25) is 0 Å². The van der Waals surface area contributed by atoms with E-state index in [1.54, 1.807) is 17.0 Å². The summed E-state index contributed by atoms with van der Waals surface area (Å²) in [5.74, 6) is -0.456. The van der Waals surface area contributed by atoms with Gasteiger partial charge in [0, 0.05) is 13.1 Å². The quantitative estimate of drug-likeness (QED) is 0.662. The van der Waals surface area contributed by atoms with Gasteiger partial charge in [0.2, 0.25) is 0 Å². The van der Waals surface area contributed by atoms with E-state index in [0.717, 1.165) is 4.70 Å². The van der Waals surface area contributed by atoms with Crippen molar-refractivity contribution in [2.75, 3.05) is 32.1 Å². The number of thiophene rings is 1. The summed E-state index contributed by atoms with van der Waals surface area (Å²) in [4.78, 5) is 21.4. The van der Waals surface area contributed by atoms with Crippen LogP contribution in [0.3, 0.4) is 0 Å². The first-order valence-corrected chi connectivity index (χ1v) is 8.81. The standard InChI is InChI=1S/C16H16FN3OS2.ClH/c1-19(2)8-9-20(15(21)13-7-4-10-22-13)16-18-14-11(17)5-3-6-12(14)23-16;/h3-7,10H,8-9H2,1-2H3;1H. The van der Waals surface area contributed by atoms with Crippen molar-refractivity contribution in [3.63, 3.8) is 0 Å². The number of likely N-dealkylation sites (N-methyl/N-ethyl adjacent to an activating group) is 1. The van der Waals surface area contributed by atoms with E-state index < -0.39 is 0 Å². The Morgan fingerprint density at radius 3 is 2.62 bits per heavy atom. The maximum absolute atomic E-state index is 13.9. The first-order chi connectivity index (χ1) is 11.1. The molecule has 8 heteroatoms. The van der Waals surface area contributed by atoms with Crippen molar-refractivity contribution in [1.29, 1.82) is 0 Å². The van der Waals surface area contributed by atoms with E-state index in [4.69, 9.17) is 0 Å². The van der Waals surface area contributed by atoms with Gasteiger partial charge in [-0.1, -0.05) is 23.5 Å². The number of amides is 1. The van der Waals surface area contributed by atoms with Crippen LogP contribution in [-0.4, -0.2) is 43.0 Å². The molecule has 0 unspecified atom stereocenters. The van der Waals surface area contributed by atoms with Gasteiger partial charge < -0.3 is 4.90 Å². The lowest BCUT2D eigenvalue weighted by atomic mass is 10.3. The van der Waals surface area contributed by atoms with E-state index in [-0.39, 0.29) is 24.1 Å². The molecule has 0 atom stereocenters. The highest BCUT2D eigenvalue weighted by molar-refractivity contribution is 7.22.